The lowest BCUT2D eigenvalue weighted by Crippen LogP contribution is -2.48. The monoisotopic (exact) mass is 500 g/mol. The molecule has 182 valence electrons. The summed E-state index contributed by atoms with van der Waals surface area (Å²) >= 11 is 0. The Hall–Kier alpha value is -2.48. The molecule has 13 heteroatoms. The van der Waals surface area contributed by atoms with Gasteiger partial charge >= 0.3 is 5.56 Å². The topological polar surface area (TPSA) is 128 Å². The average Bonchev–Trinajstić information content (AvgIpc) is 2.76. The van der Waals surface area contributed by atoms with Crippen LogP contribution in [0.25, 0.3) is 5.69 Å². The fourth-order valence-corrected chi connectivity index (χ4v) is 4.91. The third-order valence-electron chi connectivity index (χ3n) is 5.13. The summed E-state index contributed by atoms with van der Waals surface area (Å²) in [6.45, 7) is 4.04. The van der Waals surface area contributed by atoms with Crippen LogP contribution in [0.3, 0.4) is 0 Å². The van der Waals surface area contributed by atoms with Gasteiger partial charge in [0.15, 0.2) is 9.84 Å². The third kappa shape index (κ3) is 6.10. The summed E-state index contributed by atoms with van der Waals surface area (Å²) in [5.74, 6) is 0.0438. The molecule has 0 bridgehead atoms. The van der Waals surface area contributed by atoms with Crippen molar-refractivity contribution in [2.75, 3.05) is 63.4 Å². The number of aromatic nitrogens is 2. The Morgan fingerprint density at radius 1 is 1.03 bits per heavy atom. The van der Waals surface area contributed by atoms with E-state index >= 15 is 0 Å². The van der Waals surface area contributed by atoms with Gasteiger partial charge in [0, 0.05) is 39.0 Å². The second-order valence-corrected chi connectivity index (χ2v) is 11.5. The minimum atomic E-state index is -3.47. The van der Waals surface area contributed by atoms with Gasteiger partial charge < -0.3 is 14.4 Å². The van der Waals surface area contributed by atoms with Crippen molar-refractivity contribution in [2.24, 2.45) is 0 Å². The van der Waals surface area contributed by atoms with Gasteiger partial charge in [0.1, 0.15) is 12.3 Å². The van der Waals surface area contributed by atoms with Crippen molar-refractivity contribution in [3.05, 3.63) is 40.8 Å². The quantitative estimate of drug-likeness (QED) is 0.441. The van der Waals surface area contributed by atoms with Gasteiger partial charge in [-0.15, -0.1) is 0 Å². The number of nitrogens with zero attached hydrogens (tertiary/aromatic N) is 4. The molecule has 0 atom stereocenters. The molecule has 1 aliphatic heterocycles. The molecule has 0 N–H and O–H groups in total. The maximum Gasteiger partial charge on any atom is 0.316 e. The maximum atomic E-state index is 13.3. The zero-order chi connectivity index (χ0) is 24.2. The zero-order valence-electron chi connectivity index (χ0n) is 18.8. The molecule has 3 rings (SSSR count). The number of hydrogen-bond donors (Lipinski definition) is 0. The molecule has 0 unspecified atom stereocenters. The first kappa shape index (κ1) is 25.1. The Balaban J connectivity index is 1.98. The normalized spacial score (nSPS) is 15.5. The summed E-state index contributed by atoms with van der Waals surface area (Å²) in [6.07, 6.45) is 3.72. The molecule has 2 aromatic rings. The van der Waals surface area contributed by atoms with Gasteiger partial charge in [-0.05, 0) is 25.1 Å². The van der Waals surface area contributed by atoms with E-state index in [-0.39, 0.29) is 42.6 Å². The number of anilines is 1. The third-order valence-corrected chi connectivity index (χ3v) is 7.55. The molecule has 0 saturated carbocycles. The number of rotatable bonds is 9. The summed E-state index contributed by atoms with van der Waals surface area (Å²) in [5.41, 5.74) is 0.173. The first-order valence-electron chi connectivity index (χ1n) is 10.4. The van der Waals surface area contributed by atoms with E-state index in [1.807, 2.05) is 11.8 Å². The van der Waals surface area contributed by atoms with Crippen LogP contribution in [-0.2, 0) is 24.6 Å². The Morgan fingerprint density at radius 3 is 2.33 bits per heavy atom. The summed E-state index contributed by atoms with van der Waals surface area (Å²) < 4.78 is 61.0. The predicted octanol–water partition coefficient (Wildman–Crippen LogP) is 0.133. The van der Waals surface area contributed by atoms with Gasteiger partial charge in [-0.25, -0.2) is 16.8 Å². The minimum Gasteiger partial charge on any atom is -0.484 e. The van der Waals surface area contributed by atoms with Crippen LogP contribution in [0.5, 0.6) is 5.75 Å². The van der Waals surface area contributed by atoms with E-state index in [2.05, 4.69) is 5.10 Å². The highest BCUT2D eigenvalue weighted by molar-refractivity contribution is 7.90. The number of sulfone groups is 1. The Labute approximate surface area is 193 Å². The molecule has 2 heterocycles. The number of sulfonamides is 1. The molecule has 1 aromatic heterocycles. The van der Waals surface area contributed by atoms with Crippen LogP contribution in [0, 0.1) is 0 Å². The van der Waals surface area contributed by atoms with E-state index in [9.17, 15) is 21.6 Å². The van der Waals surface area contributed by atoms with E-state index in [0.717, 1.165) is 17.2 Å². The lowest BCUT2D eigenvalue weighted by Gasteiger charge is -2.35. The second-order valence-electron chi connectivity index (χ2n) is 7.54. The van der Waals surface area contributed by atoms with Crippen LogP contribution in [-0.4, -0.2) is 89.4 Å². The number of piperazine rings is 1. The van der Waals surface area contributed by atoms with Crippen LogP contribution in [0.2, 0.25) is 0 Å². The Morgan fingerprint density at radius 2 is 1.73 bits per heavy atom. The summed E-state index contributed by atoms with van der Waals surface area (Å²) in [4.78, 5) is 15.2. The van der Waals surface area contributed by atoms with Gasteiger partial charge in [-0.3, -0.25) is 4.79 Å². The van der Waals surface area contributed by atoms with Crippen molar-refractivity contribution in [1.29, 1.82) is 0 Å². The van der Waals surface area contributed by atoms with Gasteiger partial charge in [0.2, 0.25) is 15.8 Å². The van der Waals surface area contributed by atoms with Crippen molar-refractivity contribution >= 4 is 25.5 Å². The van der Waals surface area contributed by atoms with Crippen molar-refractivity contribution < 1.29 is 26.3 Å². The van der Waals surface area contributed by atoms with Crippen LogP contribution < -0.4 is 15.2 Å². The molecule has 1 aromatic carbocycles. The fourth-order valence-electron chi connectivity index (χ4n) is 3.43. The molecule has 0 aliphatic carbocycles. The lowest BCUT2D eigenvalue weighted by molar-refractivity contribution is 0.109. The number of benzene rings is 1. The molecule has 0 spiro atoms. The molecule has 0 amide bonds. The van der Waals surface area contributed by atoms with Gasteiger partial charge in [0.25, 0.3) is 0 Å². The van der Waals surface area contributed by atoms with Gasteiger partial charge in [-0.2, -0.15) is 14.1 Å². The number of ether oxygens (including phenoxy) is 2. The van der Waals surface area contributed by atoms with Crippen molar-refractivity contribution in [1.82, 2.24) is 14.1 Å². The van der Waals surface area contributed by atoms with Crippen molar-refractivity contribution in [3.8, 4) is 11.4 Å². The van der Waals surface area contributed by atoms with Crippen LogP contribution in [0.1, 0.15) is 6.92 Å². The van der Waals surface area contributed by atoms with Crippen LogP contribution in [0.4, 0.5) is 5.69 Å². The predicted molar refractivity (Wildman–Crippen MR) is 124 cm³/mol. The first-order chi connectivity index (χ1) is 15.5. The molecular weight excluding hydrogens is 472 g/mol. The lowest BCUT2D eigenvalue weighted by atomic mass is 10.3. The largest absolute Gasteiger partial charge is 0.484 e. The molecular formula is C20H28N4O7S2. The zero-order valence-corrected chi connectivity index (χ0v) is 20.4. The summed E-state index contributed by atoms with van der Waals surface area (Å²) in [6, 6.07) is 5.93. The van der Waals surface area contributed by atoms with Crippen LogP contribution in [0.15, 0.2) is 40.2 Å². The molecule has 33 heavy (non-hydrogen) atoms. The maximum absolute atomic E-state index is 13.3. The molecule has 0 radical (unpaired) electrons. The van der Waals surface area contributed by atoms with E-state index in [4.69, 9.17) is 9.47 Å². The summed E-state index contributed by atoms with van der Waals surface area (Å²) in [7, 11) is -6.77. The van der Waals surface area contributed by atoms with Gasteiger partial charge in [0.05, 0.1) is 29.6 Å². The highest BCUT2D eigenvalue weighted by atomic mass is 32.2. The number of hydrogen-bond acceptors (Lipinski definition) is 9. The van der Waals surface area contributed by atoms with E-state index < -0.39 is 25.4 Å². The molecule has 11 nitrogen and oxygen atoms in total. The van der Waals surface area contributed by atoms with Crippen molar-refractivity contribution in [2.45, 2.75) is 11.8 Å². The SMILES string of the molecule is CCOCCOc1c(N2CCN(S(C)(=O)=O)CC2)cnn(-c2cccc(S(C)(=O)=O)c2)c1=O. The minimum absolute atomic E-state index is 0.0438. The molecule has 1 saturated heterocycles. The highest BCUT2D eigenvalue weighted by Crippen LogP contribution is 2.26. The Bertz CT molecular complexity index is 1250. The van der Waals surface area contributed by atoms with Crippen LogP contribution >= 0.6 is 0 Å². The smallest absolute Gasteiger partial charge is 0.316 e. The highest BCUT2D eigenvalue weighted by Gasteiger charge is 2.27. The van der Waals surface area contributed by atoms with E-state index in [0.29, 0.717) is 25.4 Å². The molecule has 1 aliphatic rings. The van der Waals surface area contributed by atoms with Gasteiger partial charge in [-0.1, -0.05) is 6.07 Å². The van der Waals surface area contributed by atoms with E-state index in [1.165, 1.54) is 28.7 Å². The average molecular weight is 501 g/mol. The Kier molecular flexibility index (Phi) is 7.77. The second kappa shape index (κ2) is 10.2. The standard InChI is InChI=1S/C20H28N4O7S2/c1-4-30-12-13-31-19-18(22-8-10-23(11-9-22)33(3,28)29)15-21-24(20(19)25)16-6-5-7-17(14-16)32(2,26)27/h5-7,14-15H,4,8-13H2,1-3H3. The first-order valence-corrected chi connectivity index (χ1v) is 14.1. The summed E-state index contributed by atoms with van der Waals surface area (Å²) in [5, 5.41) is 4.24. The van der Waals surface area contributed by atoms with Crippen molar-refractivity contribution in [3.63, 3.8) is 0 Å². The van der Waals surface area contributed by atoms with E-state index in [1.54, 1.807) is 6.07 Å². The molecule has 1 fully saturated rings. The fraction of sp³-hybridized carbons (Fsp3) is 0.500.